The zero-order valence-corrected chi connectivity index (χ0v) is 10.8. The van der Waals surface area contributed by atoms with Crippen LogP contribution in [0.5, 0.6) is 0 Å². The van der Waals surface area contributed by atoms with Crippen molar-refractivity contribution in [3.05, 3.63) is 21.4 Å². The monoisotopic (exact) mass is 309 g/mol. The molecule has 0 aliphatic carbocycles. The molecule has 5 nitrogen and oxygen atoms in total. The molecule has 2 rings (SSSR count). The van der Waals surface area contributed by atoms with E-state index in [-0.39, 0.29) is 18.0 Å². The van der Waals surface area contributed by atoms with Gasteiger partial charge in [-0.1, -0.05) is 0 Å². The van der Waals surface area contributed by atoms with E-state index in [1.165, 1.54) is 6.07 Å². The van der Waals surface area contributed by atoms with Crippen LogP contribution in [0.2, 0.25) is 0 Å². The molecule has 0 fully saturated rings. The van der Waals surface area contributed by atoms with Crippen LogP contribution in [0.1, 0.15) is 26.2 Å². The second-order valence-electron chi connectivity index (χ2n) is 4.11. The van der Waals surface area contributed by atoms with Crippen molar-refractivity contribution in [2.75, 3.05) is 13.2 Å². The van der Waals surface area contributed by atoms with E-state index in [0.717, 1.165) is 16.2 Å². The molecule has 20 heavy (non-hydrogen) atoms. The molecule has 110 valence electrons. The number of alkyl halides is 3. The van der Waals surface area contributed by atoms with E-state index >= 15 is 0 Å². The van der Waals surface area contributed by atoms with E-state index < -0.39 is 24.2 Å². The van der Waals surface area contributed by atoms with E-state index in [1.807, 2.05) is 0 Å². The number of aromatic carboxylic acids is 1. The SMILES string of the molecule is O=C(O)c1cc2c(s1)CCOC2CNC(=O)C(F)(F)F. The topological polar surface area (TPSA) is 75.6 Å². The number of hydrogen-bond donors (Lipinski definition) is 2. The van der Waals surface area contributed by atoms with Crippen molar-refractivity contribution in [3.63, 3.8) is 0 Å². The van der Waals surface area contributed by atoms with Gasteiger partial charge in [0.1, 0.15) is 11.0 Å². The number of amides is 1. The van der Waals surface area contributed by atoms with Gasteiger partial charge in [-0.2, -0.15) is 13.2 Å². The highest BCUT2D eigenvalue weighted by Crippen LogP contribution is 2.33. The summed E-state index contributed by atoms with van der Waals surface area (Å²) in [5, 5.41) is 10.6. The molecule has 1 aromatic heterocycles. The van der Waals surface area contributed by atoms with Gasteiger partial charge in [0.25, 0.3) is 0 Å². The summed E-state index contributed by atoms with van der Waals surface area (Å²) < 4.78 is 41.5. The van der Waals surface area contributed by atoms with E-state index in [1.54, 1.807) is 5.32 Å². The summed E-state index contributed by atoms with van der Waals surface area (Å²) in [6.45, 7) is -0.0692. The van der Waals surface area contributed by atoms with Crippen LogP contribution in [0.15, 0.2) is 6.07 Å². The highest BCUT2D eigenvalue weighted by atomic mass is 32.1. The molecule has 0 aromatic carbocycles. The van der Waals surface area contributed by atoms with Crippen LogP contribution >= 0.6 is 11.3 Å². The number of nitrogens with one attached hydrogen (secondary N) is 1. The van der Waals surface area contributed by atoms with Gasteiger partial charge in [-0.25, -0.2) is 4.79 Å². The van der Waals surface area contributed by atoms with Gasteiger partial charge < -0.3 is 15.2 Å². The second-order valence-corrected chi connectivity index (χ2v) is 5.25. The van der Waals surface area contributed by atoms with Crippen LogP contribution in [-0.2, 0) is 16.0 Å². The Kier molecular flexibility index (Phi) is 4.00. The molecule has 2 N–H and O–H groups in total. The molecule has 1 aromatic rings. The summed E-state index contributed by atoms with van der Waals surface area (Å²) in [6, 6.07) is 1.38. The summed E-state index contributed by atoms with van der Waals surface area (Å²) >= 11 is 1.07. The maximum atomic E-state index is 12.1. The molecule has 0 spiro atoms. The highest BCUT2D eigenvalue weighted by molar-refractivity contribution is 7.14. The van der Waals surface area contributed by atoms with E-state index in [4.69, 9.17) is 9.84 Å². The number of carboxylic acids is 1. The van der Waals surface area contributed by atoms with Crippen molar-refractivity contribution in [2.45, 2.75) is 18.7 Å². The van der Waals surface area contributed by atoms with E-state index in [2.05, 4.69) is 0 Å². The zero-order chi connectivity index (χ0) is 14.9. The molecule has 1 aliphatic rings. The molecule has 2 heterocycles. The standard InChI is InChI=1S/C11H10F3NO4S/c12-11(13,14)10(18)15-4-6-5-3-8(9(16)17)20-7(5)1-2-19-6/h3,6H,1-2,4H2,(H,15,18)(H,16,17). The van der Waals surface area contributed by atoms with Crippen LogP contribution in [0.25, 0.3) is 0 Å². The number of carboxylic acid groups (broad SMARTS) is 1. The Labute approximate surface area is 115 Å². The molecule has 0 radical (unpaired) electrons. The predicted octanol–water partition coefficient (Wildman–Crippen LogP) is 1.74. The van der Waals surface area contributed by atoms with Gasteiger partial charge >= 0.3 is 18.1 Å². The first-order valence-electron chi connectivity index (χ1n) is 5.61. The third-order valence-electron chi connectivity index (χ3n) is 2.75. The molecule has 0 bridgehead atoms. The fourth-order valence-corrected chi connectivity index (χ4v) is 2.89. The largest absolute Gasteiger partial charge is 0.477 e. The smallest absolute Gasteiger partial charge is 0.471 e. The lowest BCUT2D eigenvalue weighted by molar-refractivity contribution is -0.174. The third kappa shape index (κ3) is 3.10. The van der Waals surface area contributed by atoms with Gasteiger partial charge in [0.05, 0.1) is 6.61 Å². The minimum Gasteiger partial charge on any atom is -0.477 e. The molecule has 9 heteroatoms. The molecule has 1 aliphatic heterocycles. The minimum atomic E-state index is -4.95. The Hall–Kier alpha value is -1.61. The number of hydrogen-bond acceptors (Lipinski definition) is 4. The summed E-state index contributed by atoms with van der Waals surface area (Å²) in [5.41, 5.74) is 0.529. The van der Waals surface area contributed by atoms with Crippen molar-refractivity contribution < 1.29 is 32.6 Å². The lowest BCUT2D eigenvalue weighted by Crippen LogP contribution is -2.39. The first-order chi connectivity index (χ1) is 9.29. The fraction of sp³-hybridized carbons (Fsp3) is 0.455. The van der Waals surface area contributed by atoms with Crippen LogP contribution in [0, 0.1) is 0 Å². The maximum absolute atomic E-state index is 12.1. The lowest BCUT2D eigenvalue weighted by atomic mass is 10.1. The highest BCUT2D eigenvalue weighted by Gasteiger charge is 2.39. The van der Waals surface area contributed by atoms with Gasteiger partial charge in [-0.05, 0) is 11.6 Å². The fourth-order valence-electron chi connectivity index (χ4n) is 1.85. The molecule has 1 atom stereocenters. The number of rotatable bonds is 3. The van der Waals surface area contributed by atoms with Gasteiger partial charge in [-0.3, -0.25) is 4.79 Å². The summed E-state index contributed by atoms with van der Waals surface area (Å²) in [7, 11) is 0. The Bertz CT molecular complexity index is 540. The molecule has 0 saturated carbocycles. The summed E-state index contributed by atoms with van der Waals surface area (Å²) in [5.74, 6) is -3.13. The predicted molar refractivity (Wildman–Crippen MR) is 62.7 cm³/mol. The van der Waals surface area contributed by atoms with Crippen molar-refractivity contribution >= 4 is 23.2 Å². The molecular formula is C11H10F3NO4S. The van der Waals surface area contributed by atoms with E-state index in [9.17, 15) is 22.8 Å². The number of fused-ring (bicyclic) bond motifs is 1. The second kappa shape index (κ2) is 5.41. The number of ether oxygens (including phenoxy) is 1. The third-order valence-corrected chi connectivity index (χ3v) is 3.95. The molecule has 0 saturated heterocycles. The van der Waals surface area contributed by atoms with Crippen molar-refractivity contribution in [2.24, 2.45) is 0 Å². The zero-order valence-electron chi connectivity index (χ0n) is 9.99. The number of thiophene rings is 1. The summed E-state index contributed by atoms with van der Waals surface area (Å²) in [4.78, 5) is 22.5. The summed E-state index contributed by atoms with van der Waals surface area (Å²) in [6.07, 6.45) is -5.19. The first-order valence-corrected chi connectivity index (χ1v) is 6.43. The first kappa shape index (κ1) is 14.8. The average molecular weight is 309 g/mol. The maximum Gasteiger partial charge on any atom is 0.471 e. The molecule has 1 unspecified atom stereocenters. The van der Waals surface area contributed by atoms with Gasteiger partial charge in [-0.15, -0.1) is 11.3 Å². The molecular weight excluding hydrogens is 299 g/mol. The van der Waals surface area contributed by atoms with Gasteiger partial charge in [0.15, 0.2) is 0 Å². The minimum absolute atomic E-state index is 0.104. The molecule has 1 amide bonds. The van der Waals surface area contributed by atoms with Gasteiger partial charge in [0.2, 0.25) is 0 Å². The van der Waals surface area contributed by atoms with Crippen molar-refractivity contribution in [1.29, 1.82) is 0 Å². The quantitative estimate of drug-likeness (QED) is 0.892. The Morgan fingerprint density at radius 1 is 1.50 bits per heavy atom. The van der Waals surface area contributed by atoms with Crippen LogP contribution in [0.3, 0.4) is 0 Å². The van der Waals surface area contributed by atoms with E-state index in [0.29, 0.717) is 12.0 Å². The Balaban J connectivity index is 2.09. The normalized spacial score (nSPS) is 18.4. The van der Waals surface area contributed by atoms with Gasteiger partial charge in [0, 0.05) is 17.8 Å². The van der Waals surface area contributed by atoms with Crippen molar-refractivity contribution in [3.8, 4) is 0 Å². The average Bonchev–Trinajstić information content (AvgIpc) is 2.79. The number of carbonyl (C=O) groups is 2. The Morgan fingerprint density at radius 2 is 2.20 bits per heavy atom. The Morgan fingerprint density at radius 3 is 2.80 bits per heavy atom. The van der Waals surface area contributed by atoms with Crippen molar-refractivity contribution in [1.82, 2.24) is 5.32 Å². The number of carbonyl (C=O) groups excluding carboxylic acids is 1. The van der Waals surface area contributed by atoms with Crippen LogP contribution < -0.4 is 5.32 Å². The lowest BCUT2D eigenvalue weighted by Gasteiger charge is -2.23. The van der Waals surface area contributed by atoms with Crippen LogP contribution in [-0.4, -0.2) is 36.3 Å². The van der Waals surface area contributed by atoms with Crippen LogP contribution in [0.4, 0.5) is 13.2 Å². The number of halogens is 3.